The maximum absolute atomic E-state index is 12.5. The van der Waals surface area contributed by atoms with Crippen molar-refractivity contribution in [3.63, 3.8) is 0 Å². The number of benzene rings is 1. The minimum atomic E-state index is -2.90. The molecule has 0 radical (unpaired) electrons. The lowest BCUT2D eigenvalue weighted by molar-refractivity contribution is -0.138. The number of morpholine rings is 1. The zero-order valence-corrected chi connectivity index (χ0v) is 13.4. The maximum atomic E-state index is 12.5. The van der Waals surface area contributed by atoms with Crippen LogP contribution in [0.15, 0.2) is 29.8 Å². The lowest BCUT2D eigenvalue weighted by atomic mass is 10.1. The van der Waals surface area contributed by atoms with Crippen LogP contribution in [-0.4, -0.2) is 42.7 Å². The van der Waals surface area contributed by atoms with Gasteiger partial charge < -0.3 is 14.4 Å². The molecule has 0 unspecified atom stereocenters. The fourth-order valence-electron chi connectivity index (χ4n) is 2.57. The zero-order chi connectivity index (χ0) is 17.7. The van der Waals surface area contributed by atoms with Gasteiger partial charge in [-0.15, -0.1) is 0 Å². The average molecular weight is 336 g/mol. The number of hydrogen-bond donors (Lipinski definition) is 0. The van der Waals surface area contributed by atoms with E-state index >= 15 is 0 Å². The van der Waals surface area contributed by atoms with Crippen molar-refractivity contribution >= 4 is 12.0 Å². The molecule has 1 amide bonds. The van der Waals surface area contributed by atoms with E-state index in [1.54, 1.807) is 4.90 Å². The summed E-state index contributed by atoms with van der Waals surface area (Å²) in [6, 6.07) is 7.63. The van der Waals surface area contributed by atoms with E-state index in [1.165, 1.54) is 30.3 Å². The van der Waals surface area contributed by atoms with Gasteiger partial charge in [0.15, 0.2) is 0 Å². The third-order valence-corrected chi connectivity index (χ3v) is 3.47. The van der Waals surface area contributed by atoms with Crippen molar-refractivity contribution in [1.29, 1.82) is 5.26 Å². The van der Waals surface area contributed by atoms with Gasteiger partial charge in [-0.1, -0.05) is 12.1 Å². The Morgan fingerprint density at radius 2 is 1.92 bits per heavy atom. The second-order valence-corrected chi connectivity index (χ2v) is 5.58. The Morgan fingerprint density at radius 1 is 1.33 bits per heavy atom. The van der Waals surface area contributed by atoms with Crippen molar-refractivity contribution in [3.05, 3.63) is 35.4 Å². The number of amides is 1. The van der Waals surface area contributed by atoms with E-state index in [-0.39, 0.29) is 29.4 Å². The Kier molecular flexibility index (Phi) is 5.88. The summed E-state index contributed by atoms with van der Waals surface area (Å²) >= 11 is 0. The Bertz CT molecular complexity index is 643. The number of rotatable bonds is 4. The second kappa shape index (κ2) is 7.88. The molecular formula is C17H18F2N2O3. The Balaban J connectivity index is 2.13. The second-order valence-electron chi connectivity index (χ2n) is 5.58. The first-order chi connectivity index (χ1) is 11.4. The van der Waals surface area contributed by atoms with Crippen LogP contribution in [0.2, 0.25) is 0 Å². The maximum Gasteiger partial charge on any atom is 0.387 e. The molecule has 1 aromatic carbocycles. The van der Waals surface area contributed by atoms with Gasteiger partial charge in [0, 0.05) is 13.1 Å². The topological polar surface area (TPSA) is 62.6 Å². The molecule has 1 aliphatic heterocycles. The van der Waals surface area contributed by atoms with Crippen molar-refractivity contribution in [2.75, 3.05) is 13.1 Å². The molecule has 2 atom stereocenters. The summed E-state index contributed by atoms with van der Waals surface area (Å²) in [4.78, 5) is 14.1. The summed E-state index contributed by atoms with van der Waals surface area (Å²) in [6.45, 7) is 1.68. The molecule has 0 saturated carbocycles. The first-order valence-corrected chi connectivity index (χ1v) is 7.50. The number of ether oxygens (including phenoxy) is 2. The standard InChI is InChI=1S/C17H18F2N2O3/c1-11-9-21(10-12(2)23-11)16(22)14(8-20)7-13-3-5-15(6-4-13)24-17(18)19/h3-7,11-12,17H,9-10H2,1-2H3/b14-7+/t11-,12-/m0/s1. The quantitative estimate of drug-likeness (QED) is 0.626. The van der Waals surface area contributed by atoms with Crippen molar-refractivity contribution in [1.82, 2.24) is 4.90 Å². The van der Waals surface area contributed by atoms with Crippen LogP contribution in [-0.2, 0) is 9.53 Å². The summed E-state index contributed by atoms with van der Waals surface area (Å²) in [7, 11) is 0. The van der Waals surface area contributed by atoms with E-state index in [2.05, 4.69) is 4.74 Å². The SMILES string of the molecule is C[C@H]1CN(C(=O)/C(C#N)=C/c2ccc(OC(F)F)cc2)C[C@H](C)O1. The molecule has 1 saturated heterocycles. The van der Waals surface area contributed by atoms with Crippen molar-refractivity contribution in [2.45, 2.75) is 32.7 Å². The molecule has 1 aromatic rings. The van der Waals surface area contributed by atoms with Gasteiger partial charge in [0.05, 0.1) is 12.2 Å². The smallest absolute Gasteiger partial charge is 0.387 e. The predicted molar refractivity (Wildman–Crippen MR) is 83.3 cm³/mol. The number of alkyl halides is 2. The molecule has 128 valence electrons. The molecule has 1 heterocycles. The molecular weight excluding hydrogens is 318 g/mol. The van der Waals surface area contributed by atoms with Crippen LogP contribution < -0.4 is 4.74 Å². The Morgan fingerprint density at radius 3 is 2.42 bits per heavy atom. The van der Waals surface area contributed by atoms with Gasteiger partial charge in [0.1, 0.15) is 17.4 Å². The van der Waals surface area contributed by atoms with Crippen molar-refractivity contribution in [3.8, 4) is 11.8 Å². The fourth-order valence-corrected chi connectivity index (χ4v) is 2.57. The molecule has 0 spiro atoms. The molecule has 0 aliphatic carbocycles. The normalized spacial score (nSPS) is 21.5. The third kappa shape index (κ3) is 4.77. The number of hydrogen-bond acceptors (Lipinski definition) is 4. The largest absolute Gasteiger partial charge is 0.435 e. The number of carbonyl (C=O) groups excluding carboxylic acids is 1. The van der Waals surface area contributed by atoms with E-state index in [0.717, 1.165) is 0 Å². The first kappa shape index (κ1) is 17.9. The van der Waals surface area contributed by atoms with E-state index in [1.807, 2.05) is 19.9 Å². The number of carbonyl (C=O) groups is 1. The third-order valence-electron chi connectivity index (χ3n) is 3.47. The number of nitriles is 1. The molecule has 5 nitrogen and oxygen atoms in total. The number of nitrogens with zero attached hydrogens (tertiary/aromatic N) is 2. The highest BCUT2D eigenvalue weighted by atomic mass is 19.3. The molecule has 0 N–H and O–H groups in total. The summed E-state index contributed by atoms with van der Waals surface area (Å²) in [6.07, 6.45) is 1.24. The molecule has 2 rings (SSSR count). The van der Waals surface area contributed by atoms with Gasteiger partial charge in [-0.05, 0) is 37.6 Å². The minimum Gasteiger partial charge on any atom is -0.435 e. The Hall–Kier alpha value is -2.46. The molecule has 1 fully saturated rings. The molecule has 7 heteroatoms. The molecule has 0 bridgehead atoms. The van der Waals surface area contributed by atoms with E-state index in [4.69, 9.17) is 4.74 Å². The average Bonchev–Trinajstić information content (AvgIpc) is 2.52. The molecule has 1 aliphatic rings. The highest BCUT2D eigenvalue weighted by Crippen LogP contribution is 2.18. The first-order valence-electron chi connectivity index (χ1n) is 7.50. The van der Waals surface area contributed by atoms with Crippen LogP contribution in [0.1, 0.15) is 19.4 Å². The van der Waals surface area contributed by atoms with Crippen LogP contribution >= 0.6 is 0 Å². The van der Waals surface area contributed by atoms with Crippen LogP contribution in [0.4, 0.5) is 8.78 Å². The van der Waals surface area contributed by atoms with Crippen LogP contribution in [0, 0.1) is 11.3 Å². The summed E-state index contributed by atoms with van der Waals surface area (Å²) in [5.74, 6) is -0.352. The van der Waals surface area contributed by atoms with E-state index < -0.39 is 6.61 Å². The molecule has 24 heavy (non-hydrogen) atoms. The van der Waals surface area contributed by atoms with Gasteiger partial charge in [0.2, 0.25) is 0 Å². The monoisotopic (exact) mass is 336 g/mol. The van der Waals surface area contributed by atoms with E-state index in [0.29, 0.717) is 18.7 Å². The van der Waals surface area contributed by atoms with Gasteiger partial charge in [0.25, 0.3) is 5.91 Å². The van der Waals surface area contributed by atoms with Crippen LogP contribution in [0.3, 0.4) is 0 Å². The highest BCUT2D eigenvalue weighted by molar-refractivity contribution is 6.01. The van der Waals surface area contributed by atoms with Gasteiger partial charge >= 0.3 is 6.61 Å². The van der Waals surface area contributed by atoms with Gasteiger partial charge in [-0.3, -0.25) is 4.79 Å². The van der Waals surface area contributed by atoms with E-state index in [9.17, 15) is 18.8 Å². The minimum absolute atomic E-state index is 0.0150. The lowest BCUT2D eigenvalue weighted by Crippen LogP contribution is -2.48. The summed E-state index contributed by atoms with van der Waals surface area (Å²) in [5.41, 5.74) is 0.537. The zero-order valence-electron chi connectivity index (χ0n) is 13.4. The molecule has 0 aromatic heterocycles. The number of halogens is 2. The lowest BCUT2D eigenvalue weighted by Gasteiger charge is -2.35. The van der Waals surface area contributed by atoms with Crippen LogP contribution in [0.25, 0.3) is 6.08 Å². The summed E-state index contributed by atoms with van der Waals surface area (Å²) < 4.78 is 34.1. The van der Waals surface area contributed by atoms with Crippen molar-refractivity contribution < 1.29 is 23.0 Å². The van der Waals surface area contributed by atoms with Gasteiger partial charge in [-0.2, -0.15) is 14.0 Å². The van der Waals surface area contributed by atoms with Gasteiger partial charge in [-0.25, -0.2) is 0 Å². The van der Waals surface area contributed by atoms with Crippen LogP contribution in [0.5, 0.6) is 5.75 Å². The van der Waals surface area contributed by atoms with Crippen molar-refractivity contribution in [2.24, 2.45) is 0 Å². The predicted octanol–water partition coefficient (Wildman–Crippen LogP) is 2.83. The Labute approximate surface area is 139 Å². The summed E-state index contributed by atoms with van der Waals surface area (Å²) in [5, 5.41) is 9.27. The highest BCUT2D eigenvalue weighted by Gasteiger charge is 2.27. The fraction of sp³-hybridized carbons (Fsp3) is 0.412.